The van der Waals surface area contributed by atoms with Gasteiger partial charge in [-0.1, -0.05) is 33.1 Å². The highest BCUT2D eigenvalue weighted by Gasteiger charge is 2.28. The molecule has 24 heavy (non-hydrogen) atoms. The quantitative estimate of drug-likeness (QED) is 0.839. The van der Waals surface area contributed by atoms with Crippen molar-refractivity contribution in [3.8, 4) is 5.75 Å². The van der Waals surface area contributed by atoms with E-state index >= 15 is 0 Å². The molecule has 1 atom stereocenters. The number of carbonyl (C=O) groups is 2. The first-order chi connectivity index (χ1) is 11.5. The van der Waals surface area contributed by atoms with Crippen molar-refractivity contribution in [2.45, 2.75) is 52.0 Å². The Hall–Kier alpha value is -2.04. The van der Waals surface area contributed by atoms with Crippen LogP contribution in [0.2, 0.25) is 0 Å². The Morgan fingerprint density at radius 2 is 1.71 bits per heavy atom. The number of rotatable bonds is 6. The lowest BCUT2D eigenvalue weighted by Gasteiger charge is -2.26. The van der Waals surface area contributed by atoms with Crippen molar-refractivity contribution < 1.29 is 14.3 Å². The van der Waals surface area contributed by atoms with E-state index in [1.54, 1.807) is 31.4 Å². The van der Waals surface area contributed by atoms with Gasteiger partial charge >= 0.3 is 0 Å². The summed E-state index contributed by atoms with van der Waals surface area (Å²) < 4.78 is 5.11. The molecule has 2 amide bonds. The summed E-state index contributed by atoms with van der Waals surface area (Å²) in [5.74, 6) is 0.640. The van der Waals surface area contributed by atoms with Crippen molar-refractivity contribution in [2.24, 2.45) is 11.8 Å². The zero-order valence-corrected chi connectivity index (χ0v) is 14.8. The summed E-state index contributed by atoms with van der Waals surface area (Å²) in [5, 5.41) is 5.83. The van der Waals surface area contributed by atoms with E-state index in [9.17, 15) is 9.59 Å². The fraction of sp³-hybridized carbons (Fsp3) is 0.579. The Bertz CT molecular complexity index is 548. The molecule has 0 saturated heterocycles. The van der Waals surface area contributed by atoms with Crippen LogP contribution in [0.3, 0.4) is 0 Å². The highest BCUT2D eigenvalue weighted by Crippen LogP contribution is 2.24. The Morgan fingerprint density at radius 1 is 1.08 bits per heavy atom. The minimum atomic E-state index is -0.526. The Morgan fingerprint density at radius 3 is 2.25 bits per heavy atom. The van der Waals surface area contributed by atoms with E-state index in [1.165, 1.54) is 6.42 Å². The SMILES string of the molecule is COc1ccc(NC(=O)[C@H](NC(=O)C2CCCCC2)C(C)C)cc1. The van der Waals surface area contributed by atoms with Gasteiger partial charge in [-0.2, -0.15) is 0 Å². The molecular formula is C19H28N2O3. The van der Waals surface area contributed by atoms with Crippen molar-refractivity contribution in [3.63, 3.8) is 0 Å². The van der Waals surface area contributed by atoms with E-state index in [0.29, 0.717) is 5.69 Å². The van der Waals surface area contributed by atoms with Crippen LogP contribution in [0.1, 0.15) is 46.0 Å². The molecule has 0 bridgehead atoms. The largest absolute Gasteiger partial charge is 0.497 e. The first-order valence-corrected chi connectivity index (χ1v) is 8.76. The van der Waals surface area contributed by atoms with Gasteiger partial charge in [-0.25, -0.2) is 0 Å². The molecule has 0 aromatic heterocycles. The maximum Gasteiger partial charge on any atom is 0.247 e. The highest BCUT2D eigenvalue weighted by atomic mass is 16.5. The van der Waals surface area contributed by atoms with Gasteiger partial charge in [0.15, 0.2) is 0 Å². The van der Waals surface area contributed by atoms with Crippen LogP contribution in [-0.2, 0) is 9.59 Å². The van der Waals surface area contributed by atoms with Crippen molar-refractivity contribution in [3.05, 3.63) is 24.3 Å². The van der Waals surface area contributed by atoms with Crippen molar-refractivity contribution >= 4 is 17.5 Å². The number of hydrogen-bond acceptors (Lipinski definition) is 3. The number of ether oxygens (including phenoxy) is 1. The number of anilines is 1. The van der Waals surface area contributed by atoms with Crippen LogP contribution in [0, 0.1) is 11.8 Å². The number of amides is 2. The Balaban J connectivity index is 1.97. The lowest BCUT2D eigenvalue weighted by molar-refractivity contribution is -0.130. The first-order valence-electron chi connectivity index (χ1n) is 8.76. The fourth-order valence-electron chi connectivity index (χ4n) is 3.07. The van der Waals surface area contributed by atoms with Gasteiger partial charge in [0, 0.05) is 11.6 Å². The predicted octanol–water partition coefficient (Wildman–Crippen LogP) is 3.35. The molecule has 0 spiro atoms. The van der Waals surface area contributed by atoms with Crippen LogP contribution >= 0.6 is 0 Å². The van der Waals surface area contributed by atoms with Gasteiger partial charge in [-0.3, -0.25) is 9.59 Å². The van der Waals surface area contributed by atoms with Gasteiger partial charge in [0.2, 0.25) is 11.8 Å². The third-order valence-electron chi connectivity index (χ3n) is 4.58. The van der Waals surface area contributed by atoms with Crippen molar-refractivity contribution in [1.82, 2.24) is 5.32 Å². The summed E-state index contributed by atoms with van der Waals surface area (Å²) in [4.78, 5) is 25.0. The molecule has 0 heterocycles. The molecule has 1 aromatic rings. The second-order valence-electron chi connectivity index (χ2n) is 6.78. The molecule has 1 aliphatic carbocycles. The van der Waals surface area contributed by atoms with E-state index in [2.05, 4.69) is 10.6 Å². The zero-order chi connectivity index (χ0) is 17.5. The molecule has 1 fully saturated rings. The molecule has 2 rings (SSSR count). The van der Waals surface area contributed by atoms with E-state index in [4.69, 9.17) is 4.74 Å². The molecule has 0 radical (unpaired) electrons. The maximum absolute atomic E-state index is 12.6. The van der Waals surface area contributed by atoms with Gasteiger partial charge in [0.1, 0.15) is 11.8 Å². The average molecular weight is 332 g/mol. The van der Waals surface area contributed by atoms with Crippen molar-refractivity contribution in [2.75, 3.05) is 12.4 Å². The fourth-order valence-corrected chi connectivity index (χ4v) is 3.07. The Kier molecular flexibility index (Phi) is 6.64. The van der Waals surface area contributed by atoms with Gasteiger partial charge in [0.25, 0.3) is 0 Å². The molecule has 1 aliphatic rings. The minimum absolute atomic E-state index is 0.0123. The highest BCUT2D eigenvalue weighted by molar-refractivity contribution is 5.97. The smallest absolute Gasteiger partial charge is 0.247 e. The van der Waals surface area contributed by atoms with Gasteiger partial charge in [0.05, 0.1) is 7.11 Å². The summed E-state index contributed by atoms with van der Waals surface area (Å²) in [6, 6.07) is 6.64. The summed E-state index contributed by atoms with van der Waals surface area (Å²) in [6.07, 6.45) is 5.26. The van der Waals surface area contributed by atoms with Gasteiger partial charge in [-0.15, -0.1) is 0 Å². The lowest BCUT2D eigenvalue weighted by Crippen LogP contribution is -2.49. The first kappa shape index (κ1) is 18.3. The second kappa shape index (κ2) is 8.71. The third kappa shape index (κ3) is 4.98. The van der Waals surface area contributed by atoms with Crippen LogP contribution in [0.15, 0.2) is 24.3 Å². The van der Waals surface area contributed by atoms with Gasteiger partial charge in [-0.05, 0) is 43.0 Å². The van der Waals surface area contributed by atoms with Crippen LogP contribution in [0.5, 0.6) is 5.75 Å². The summed E-state index contributed by atoms with van der Waals surface area (Å²) in [5.41, 5.74) is 0.693. The molecule has 2 N–H and O–H groups in total. The van der Waals surface area contributed by atoms with E-state index < -0.39 is 6.04 Å². The van der Waals surface area contributed by atoms with Crippen LogP contribution in [0.4, 0.5) is 5.69 Å². The molecule has 5 heteroatoms. The van der Waals surface area contributed by atoms with Gasteiger partial charge < -0.3 is 15.4 Å². The van der Waals surface area contributed by atoms with E-state index in [-0.39, 0.29) is 23.7 Å². The molecule has 1 aromatic carbocycles. The number of benzene rings is 1. The zero-order valence-electron chi connectivity index (χ0n) is 14.8. The maximum atomic E-state index is 12.6. The Labute approximate surface area is 144 Å². The van der Waals surface area contributed by atoms with Crippen LogP contribution < -0.4 is 15.4 Å². The number of carbonyl (C=O) groups excluding carboxylic acids is 2. The molecular weight excluding hydrogens is 304 g/mol. The van der Waals surface area contributed by atoms with Crippen LogP contribution in [0.25, 0.3) is 0 Å². The average Bonchev–Trinajstić information content (AvgIpc) is 2.60. The second-order valence-corrected chi connectivity index (χ2v) is 6.78. The molecule has 132 valence electrons. The van der Waals surface area contributed by atoms with Crippen LogP contribution in [-0.4, -0.2) is 25.0 Å². The standard InChI is InChI=1S/C19H28N2O3/c1-13(2)17(21-18(22)14-7-5-4-6-8-14)19(23)20-15-9-11-16(24-3)12-10-15/h9-14,17H,4-8H2,1-3H3,(H,20,23)(H,21,22)/t17-/m1/s1. The molecule has 0 aliphatic heterocycles. The minimum Gasteiger partial charge on any atom is -0.497 e. The van der Waals surface area contributed by atoms with Crippen molar-refractivity contribution in [1.29, 1.82) is 0 Å². The number of nitrogens with one attached hydrogen (secondary N) is 2. The molecule has 0 unspecified atom stereocenters. The monoisotopic (exact) mass is 332 g/mol. The normalized spacial score (nSPS) is 16.5. The molecule has 5 nitrogen and oxygen atoms in total. The summed E-state index contributed by atoms with van der Waals surface area (Å²) in [6.45, 7) is 3.89. The topological polar surface area (TPSA) is 67.4 Å². The lowest BCUT2D eigenvalue weighted by atomic mass is 9.88. The predicted molar refractivity (Wildman–Crippen MR) is 95.0 cm³/mol. The van der Waals surface area contributed by atoms with E-state index in [0.717, 1.165) is 31.4 Å². The number of methoxy groups -OCH3 is 1. The third-order valence-corrected chi connectivity index (χ3v) is 4.58. The summed E-state index contributed by atoms with van der Waals surface area (Å²) >= 11 is 0. The van der Waals surface area contributed by atoms with E-state index in [1.807, 2.05) is 13.8 Å². The number of hydrogen-bond donors (Lipinski definition) is 2. The molecule has 1 saturated carbocycles. The summed E-state index contributed by atoms with van der Waals surface area (Å²) in [7, 11) is 1.60.